The first-order chi connectivity index (χ1) is 12.0. The first-order valence-corrected chi connectivity index (χ1v) is 9.07. The summed E-state index contributed by atoms with van der Waals surface area (Å²) in [6.45, 7) is 4.71. The van der Waals surface area contributed by atoms with Crippen molar-refractivity contribution in [2.24, 2.45) is 0 Å². The Morgan fingerprint density at radius 3 is 2.68 bits per heavy atom. The number of halogens is 2. The highest BCUT2D eigenvalue weighted by molar-refractivity contribution is 9.10. The molecule has 2 aromatic heterocycles. The Balaban J connectivity index is 2.04. The summed E-state index contributed by atoms with van der Waals surface area (Å²) in [6.07, 6.45) is 2.63. The van der Waals surface area contributed by atoms with E-state index < -0.39 is 0 Å². The average molecular weight is 416 g/mol. The predicted octanol–water partition coefficient (Wildman–Crippen LogP) is 5.15. The van der Waals surface area contributed by atoms with Gasteiger partial charge in [-0.2, -0.15) is 10.4 Å². The van der Waals surface area contributed by atoms with Crippen molar-refractivity contribution in [3.63, 3.8) is 0 Å². The van der Waals surface area contributed by atoms with E-state index in [0.717, 1.165) is 39.1 Å². The normalized spacial score (nSPS) is 10.7. The third kappa shape index (κ3) is 3.60. The van der Waals surface area contributed by atoms with Crippen LogP contribution in [0.3, 0.4) is 0 Å². The van der Waals surface area contributed by atoms with Crippen LogP contribution in [0.25, 0.3) is 11.1 Å². The van der Waals surface area contributed by atoms with Crippen molar-refractivity contribution >= 4 is 27.5 Å². The lowest BCUT2D eigenvalue weighted by atomic mass is 10.0. The number of rotatable bonds is 4. The molecule has 0 aliphatic rings. The lowest BCUT2D eigenvalue weighted by Gasteiger charge is -2.09. The molecule has 0 saturated carbocycles. The van der Waals surface area contributed by atoms with Crippen molar-refractivity contribution in [2.45, 2.75) is 26.8 Å². The van der Waals surface area contributed by atoms with Gasteiger partial charge in [0.2, 0.25) is 0 Å². The molecule has 1 aromatic carbocycles. The molecular weight excluding hydrogens is 400 g/mol. The molecule has 3 rings (SSSR count). The van der Waals surface area contributed by atoms with Crippen LogP contribution in [0.15, 0.2) is 41.0 Å². The molecule has 6 heteroatoms. The van der Waals surface area contributed by atoms with Crippen molar-refractivity contribution in [3.8, 4) is 17.2 Å². The fourth-order valence-electron chi connectivity index (χ4n) is 2.91. The van der Waals surface area contributed by atoms with E-state index in [0.29, 0.717) is 17.1 Å². The molecule has 0 saturated heterocycles. The zero-order valence-corrected chi connectivity index (χ0v) is 16.3. The third-order valence-corrected chi connectivity index (χ3v) is 4.83. The van der Waals surface area contributed by atoms with E-state index in [1.54, 1.807) is 12.3 Å². The highest BCUT2D eigenvalue weighted by Gasteiger charge is 2.17. The van der Waals surface area contributed by atoms with Crippen LogP contribution in [0.2, 0.25) is 5.02 Å². The van der Waals surface area contributed by atoms with Crippen molar-refractivity contribution in [2.75, 3.05) is 0 Å². The molecule has 126 valence electrons. The van der Waals surface area contributed by atoms with Gasteiger partial charge in [-0.25, -0.2) is 0 Å². The second-order valence-electron chi connectivity index (χ2n) is 5.69. The number of nitrogens with zero attached hydrogens (tertiary/aromatic N) is 4. The summed E-state index contributed by atoms with van der Waals surface area (Å²) in [4.78, 5) is 4.43. The van der Waals surface area contributed by atoms with Gasteiger partial charge in [0, 0.05) is 21.9 Å². The zero-order valence-electron chi connectivity index (χ0n) is 13.9. The Morgan fingerprint density at radius 1 is 1.28 bits per heavy atom. The first kappa shape index (κ1) is 17.7. The summed E-state index contributed by atoms with van der Waals surface area (Å²) in [7, 11) is 0. The minimum absolute atomic E-state index is 0.462. The monoisotopic (exact) mass is 414 g/mol. The molecule has 3 aromatic rings. The van der Waals surface area contributed by atoms with Gasteiger partial charge in [-0.3, -0.25) is 9.67 Å². The van der Waals surface area contributed by atoms with E-state index in [2.05, 4.69) is 33.9 Å². The Hall–Kier alpha value is -2.16. The molecule has 0 radical (unpaired) electrons. The molecular formula is C19H16BrClN4. The molecule has 0 unspecified atom stereocenters. The molecule has 0 aliphatic heterocycles. The molecule has 0 spiro atoms. The summed E-state index contributed by atoms with van der Waals surface area (Å²) in [5.41, 5.74) is 5.55. The van der Waals surface area contributed by atoms with Gasteiger partial charge in [0.1, 0.15) is 6.07 Å². The van der Waals surface area contributed by atoms with Crippen molar-refractivity contribution in [3.05, 3.63) is 68.7 Å². The van der Waals surface area contributed by atoms with Gasteiger partial charge in [-0.15, -0.1) is 0 Å². The second-order valence-corrected chi connectivity index (χ2v) is 7.02. The second kappa shape index (κ2) is 7.38. The average Bonchev–Trinajstić information content (AvgIpc) is 2.92. The molecule has 0 fully saturated rings. The standard InChI is InChI=1S/C19H16BrClN4/c1-3-18-19(13-4-5-14(9-22)17(21)8-13)12(2)24-25(18)11-16-7-6-15(20)10-23-16/h4-8,10H,3,11H2,1-2H3. The number of benzene rings is 1. The molecule has 2 heterocycles. The smallest absolute Gasteiger partial charge is 0.101 e. The number of pyridine rings is 1. The largest absolute Gasteiger partial charge is 0.263 e. The van der Waals surface area contributed by atoms with Gasteiger partial charge in [0.05, 0.1) is 28.5 Å². The Labute approximate surface area is 160 Å². The maximum Gasteiger partial charge on any atom is 0.101 e. The van der Waals surface area contributed by atoms with Crippen LogP contribution in [0.1, 0.15) is 29.6 Å². The summed E-state index contributed by atoms with van der Waals surface area (Å²) in [5, 5.41) is 14.2. The molecule has 0 N–H and O–H groups in total. The lowest BCUT2D eigenvalue weighted by molar-refractivity contribution is 0.633. The number of hydrogen-bond acceptors (Lipinski definition) is 3. The summed E-state index contributed by atoms with van der Waals surface area (Å²) in [5.74, 6) is 0. The van der Waals surface area contributed by atoms with E-state index in [4.69, 9.17) is 22.0 Å². The zero-order chi connectivity index (χ0) is 18.0. The fraction of sp³-hybridized carbons (Fsp3) is 0.211. The van der Waals surface area contributed by atoms with Crippen LogP contribution >= 0.6 is 27.5 Å². The van der Waals surface area contributed by atoms with Gasteiger partial charge >= 0.3 is 0 Å². The fourth-order valence-corrected chi connectivity index (χ4v) is 3.37. The van der Waals surface area contributed by atoms with Gasteiger partial charge in [-0.05, 0) is 59.1 Å². The highest BCUT2D eigenvalue weighted by atomic mass is 79.9. The van der Waals surface area contributed by atoms with Crippen molar-refractivity contribution in [1.82, 2.24) is 14.8 Å². The SMILES string of the molecule is CCc1c(-c2ccc(C#N)c(Cl)c2)c(C)nn1Cc1ccc(Br)cn1. The molecule has 0 amide bonds. The summed E-state index contributed by atoms with van der Waals surface area (Å²) < 4.78 is 2.95. The molecule has 4 nitrogen and oxygen atoms in total. The maximum atomic E-state index is 9.06. The summed E-state index contributed by atoms with van der Waals surface area (Å²) in [6, 6.07) is 11.6. The summed E-state index contributed by atoms with van der Waals surface area (Å²) >= 11 is 9.62. The van der Waals surface area contributed by atoms with E-state index in [-0.39, 0.29) is 0 Å². The molecule has 0 aliphatic carbocycles. The molecule has 0 atom stereocenters. The number of aryl methyl sites for hydroxylation is 1. The topological polar surface area (TPSA) is 54.5 Å². The number of aromatic nitrogens is 3. The highest BCUT2D eigenvalue weighted by Crippen LogP contribution is 2.31. The van der Waals surface area contributed by atoms with E-state index in [1.165, 1.54) is 0 Å². The van der Waals surface area contributed by atoms with Crippen LogP contribution in [-0.2, 0) is 13.0 Å². The van der Waals surface area contributed by atoms with E-state index in [1.807, 2.05) is 35.9 Å². The minimum Gasteiger partial charge on any atom is -0.263 e. The third-order valence-electron chi connectivity index (χ3n) is 4.05. The minimum atomic E-state index is 0.462. The molecule has 0 bridgehead atoms. The quantitative estimate of drug-likeness (QED) is 0.592. The Bertz CT molecular complexity index is 955. The molecule has 25 heavy (non-hydrogen) atoms. The van der Waals surface area contributed by atoms with Crippen LogP contribution in [-0.4, -0.2) is 14.8 Å². The first-order valence-electron chi connectivity index (χ1n) is 7.90. The van der Waals surface area contributed by atoms with Gasteiger partial charge < -0.3 is 0 Å². The van der Waals surface area contributed by atoms with Crippen molar-refractivity contribution < 1.29 is 0 Å². The van der Waals surface area contributed by atoms with Gasteiger partial charge in [-0.1, -0.05) is 24.6 Å². The predicted molar refractivity (Wildman–Crippen MR) is 103 cm³/mol. The van der Waals surface area contributed by atoms with Gasteiger partial charge in [0.15, 0.2) is 0 Å². The van der Waals surface area contributed by atoms with Crippen LogP contribution in [0.5, 0.6) is 0 Å². The lowest BCUT2D eigenvalue weighted by Crippen LogP contribution is -2.07. The number of nitriles is 1. The Kier molecular flexibility index (Phi) is 5.22. The van der Waals surface area contributed by atoms with Gasteiger partial charge in [0.25, 0.3) is 0 Å². The maximum absolute atomic E-state index is 9.06. The van der Waals surface area contributed by atoms with E-state index >= 15 is 0 Å². The van der Waals surface area contributed by atoms with Crippen LogP contribution in [0.4, 0.5) is 0 Å². The Morgan fingerprint density at radius 2 is 2.08 bits per heavy atom. The van der Waals surface area contributed by atoms with Crippen LogP contribution < -0.4 is 0 Å². The number of hydrogen-bond donors (Lipinski definition) is 0. The van der Waals surface area contributed by atoms with Crippen molar-refractivity contribution in [1.29, 1.82) is 5.26 Å². The van der Waals surface area contributed by atoms with E-state index in [9.17, 15) is 0 Å². The van der Waals surface area contributed by atoms with Crippen LogP contribution in [0, 0.1) is 18.3 Å².